The van der Waals surface area contributed by atoms with Gasteiger partial charge >= 0.3 is 6.03 Å². The molecule has 6 rings (SSSR count). The van der Waals surface area contributed by atoms with Crippen molar-refractivity contribution in [1.82, 2.24) is 15.0 Å². The monoisotopic (exact) mass is 579 g/mol. The summed E-state index contributed by atoms with van der Waals surface area (Å²) in [7, 11) is 0. The van der Waals surface area contributed by atoms with Crippen LogP contribution in [0.15, 0.2) is 73.1 Å². The highest BCUT2D eigenvalue weighted by Crippen LogP contribution is 2.32. The van der Waals surface area contributed by atoms with Gasteiger partial charge in [0.1, 0.15) is 12.4 Å². The van der Waals surface area contributed by atoms with E-state index in [-0.39, 0.29) is 18.5 Å². The Morgan fingerprint density at radius 2 is 1.56 bits per heavy atom. The summed E-state index contributed by atoms with van der Waals surface area (Å²) < 4.78 is 10.8. The van der Waals surface area contributed by atoms with Gasteiger partial charge in [-0.15, -0.1) is 0 Å². The molecule has 4 heterocycles. The lowest BCUT2D eigenvalue weighted by molar-refractivity contribution is -0.125. The standard InChI is InChI=1S/C32H33N7O4/c1-2-27-29(23-4-3-13-33-20-23)36-30(37-31(27)38-14-17-42-18-15-38)22-5-7-24(8-6-22)34-32(41)35-25-9-11-26(12-10-25)39-16-19-43-21-28(39)40/h3-13,20H,2,14-19,21H2,1H3,(H2,34,35,41). The quantitative estimate of drug-likeness (QED) is 0.326. The Hall–Kier alpha value is -4.87. The highest BCUT2D eigenvalue weighted by Gasteiger charge is 2.22. The highest BCUT2D eigenvalue weighted by molar-refractivity contribution is 6.00. The van der Waals surface area contributed by atoms with Crippen LogP contribution in [0.5, 0.6) is 0 Å². The first-order chi connectivity index (χ1) is 21.1. The van der Waals surface area contributed by atoms with E-state index in [4.69, 9.17) is 19.4 Å². The maximum absolute atomic E-state index is 12.7. The van der Waals surface area contributed by atoms with E-state index in [1.165, 1.54) is 0 Å². The molecule has 2 aliphatic heterocycles. The number of rotatable bonds is 7. The van der Waals surface area contributed by atoms with Crippen molar-refractivity contribution in [2.75, 3.05) is 66.5 Å². The van der Waals surface area contributed by atoms with Crippen LogP contribution in [0.4, 0.5) is 27.7 Å². The summed E-state index contributed by atoms with van der Waals surface area (Å²) in [4.78, 5) is 43.1. The van der Waals surface area contributed by atoms with Crippen molar-refractivity contribution in [3.05, 3.63) is 78.6 Å². The first kappa shape index (κ1) is 28.3. The minimum Gasteiger partial charge on any atom is -0.378 e. The zero-order valence-corrected chi connectivity index (χ0v) is 24.0. The van der Waals surface area contributed by atoms with Crippen LogP contribution in [0.2, 0.25) is 0 Å². The molecular formula is C32H33N7O4. The molecule has 220 valence electrons. The molecule has 11 heteroatoms. The number of aromatic nitrogens is 3. The minimum atomic E-state index is -0.375. The van der Waals surface area contributed by atoms with Crippen LogP contribution in [-0.2, 0) is 20.7 Å². The number of morpholine rings is 2. The van der Waals surface area contributed by atoms with E-state index in [0.29, 0.717) is 43.6 Å². The summed E-state index contributed by atoms with van der Waals surface area (Å²) in [5.74, 6) is 1.44. The SMILES string of the molecule is CCc1c(-c2cccnc2)nc(-c2ccc(NC(=O)Nc3ccc(N4CCOCC4=O)cc3)cc2)nc1N1CCOCC1. The molecule has 2 aromatic heterocycles. The lowest BCUT2D eigenvalue weighted by Gasteiger charge is -2.30. The van der Waals surface area contributed by atoms with Gasteiger partial charge in [0.2, 0.25) is 0 Å². The Kier molecular flexibility index (Phi) is 8.52. The molecule has 4 aromatic rings. The van der Waals surface area contributed by atoms with Crippen molar-refractivity contribution in [2.24, 2.45) is 0 Å². The topological polar surface area (TPSA) is 122 Å². The molecule has 2 aromatic carbocycles. The fourth-order valence-corrected chi connectivity index (χ4v) is 5.22. The predicted molar refractivity (Wildman–Crippen MR) is 165 cm³/mol. The van der Waals surface area contributed by atoms with Gasteiger partial charge in [-0.2, -0.15) is 0 Å². The van der Waals surface area contributed by atoms with Crippen LogP contribution in [0.3, 0.4) is 0 Å². The molecule has 0 spiro atoms. The van der Waals surface area contributed by atoms with Crippen LogP contribution in [0.25, 0.3) is 22.6 Å². The Bertz CT molecular complexity index is 1570. The van der Waals surface area contributed by atoms with E-state index >= 15 is 0 Å². The fraction of sp³-hybridized carbons (Fsp3) is 0.281. The van der Waals surface area contributed by atoms with E-state index in [0.717, 1.165) is 53.4 Å². The van der Waals surface area contributed by atoms with Crippen LogP contribution in [0, 0.1) is 0 Å². The maximum atomic E-state index is 12.7. The largest absolute Gasteiger partial charge is 0.378 e. The van der Waals surface area contributed by atoms with Gasteiger partial charge in [-0.25, -0.2) is 14.8 Å². The third-order valence-corrected chi connectivity index (χ3v) is 7.41. The second-order valence-electron chi connectivity index (χ2n) is 10.2. The summed E-state index contributed by atoms with van der Waals surface area (Å²) in [5.41, 5.74) is 5.74. The lowest BCUT2D eigenvalue weighted by Crippen LogP contribution is -2.41. The second-order valence-corrected chi connectivity index (χ2v) is 10.2. The van der Waals surface area contributed by atoms with E-state index in [1.54, 1.807) is 23.2 Å². The molecule has 0 bridgehead atoms. The average Bonchev–Trinajstić information content (AvgIpc) is 3.06. The number of amides is 3. The first-order valence-corrected chi connectivity index (χ1v) is 14.4. The third-order valence-electron chi connectivity index (χ3n) is 7.41. The van der Waals surface area contributed by atoms with Crippen molar-refractivity contribution in [3.63, 3.8) is 0 Å². The highest BCUT2D eigenvalue weighted by atomic mass is 16.5. The summed E-state index contributed by atoms with van der Waals surface area (Å²) in [6.45, 7) is 6.06. The van der Waals surface area contributed by atoms with Gasteiger partial charge in [-0.1, -0.05) is 6.92 Å². The number of hydrogen-bond donors (Lipinski definition) is 2. The van der Waals surface area contributed by atoms with E-state index in [9.17, 15) is 9.59 Å². The van der Waals surface area contributed by atoms with Crippen molar-refractivity contribution in [3.8, 4) is 22.6 Å². The van der Waals surface area contributed by atoms with Crippen molar-refractivity contribution >= 4 is 34.8 Å². The number of hydrogen-bond acceptors (Lipinski definition) is 8. The van der Waals surface area contributed by atoms with Crippen LogP contribution in [0.1, 0.15) is 12.5 Å². The molecule has 2 N–H and O–H groups in total. The Balaban J connectivity index is 1.19. The smallest absolute Gasteiger partial charge is 0.323 e. The summed E-state index contributed by atoms with van der Waals surface area (Å²) in [6.07, 6.45) is 4.36. The maximum Gasteiger partial charge on any atom is 0.323 e. The van der Waals surface area contributed by atoms with Gasteiger partial charge in [-0.05, 0) is 67.1 Å². The van der Waals surface area contributed by atoms with E-state index < -0.39 is 0 Å². The molecule has 0 radical (unpaired) electrons. The van der Waals surface area contributed by atoms with Gasteiger partial charge in [0.25, 0.3) is 5.91 Å². The number of urea groups is 1. The number of benzene rings is 2. The number of carbonyl (C=O) groups is 2. The second kappa shape index (κ2) is 13.0. The molecule has 11 nitrogen and oxygen atoms in total. The molecular weight excluding hydrogens is 546 g/mol. The van der Waals surface area contributed by atoms with Gasteiger partial charge in [0.05, 0.1) is 25.5 Å². The van der Waals surface area contributed by atoms with Crippen LogP contribution >= 0.6 is 0 Å². The van der Waals surface area contributed by atoms with E-state index in [2.05, 4.69) is 27.4 Å². The number of pyridine rings is 1. The number of carbonyl (C=O) groups excluding carboxylic acids is 2. The number of ether oxygens (including phenoxy) is 2. The molecule has 43 heavy (non-hydrogen) atoms. The molecule has 2 fully saturated rings. The normalized spacial score (nSPS) is 15.3. The zero-order valence-electron chi connectivity index (χ0n) is 24.0. The van der Waals surface area contributed by atoms with Crippen LogP contribution in [-0.4, -0.2) is 73.0 Å². The third kappa shape index (κ3) is 6.47. The molecule has 0 aliphatic carbocycles. The van der Waals surface area contributed by atoms with Gasteiger partial charge in [0.15, 0.2) is 5.82 Å². The molecule has 3 amide bonds. The van der Waals surface area contributed by atoms with Crippen LogP contribution < -0.4 is 20.4 Å². The molecule has 2 aliphatic rings. The summed E-state index contributed by atoms with van der Waals surface area (Å²) in [6, 6.07) is 18.2. The van der Waals surface area contributed by atoms with E-state index in [1.807, 2.05) is 54.7 Å². The van der Waals surface area contributed by atoms with Gasteiger partial charge in [-0.3, -0.25) is 9.78 Å². The van der Waals surface area contributed by atoms with Crippen molar-refractivity contribution in [1.29, 1.82) is 0 Å². The fourth-order valence-electron chi connectivity index (χ4n) is 5.22. The average molecular weight is 580 g/mol. The number of nitrogens with one attached hydrogen (secondary N) is 2. The zero-order chi connectivity index (χ0) is 29.6. The van der Waals surface area contributed by atoms with Crippen molar-refractivity contribution in [2.45, 2.75) is 13.3 Å². The molecule has 0 atom stereocenters. The molecule has 2 saturated heterocycles. The van der Waals surface area contributed by atoms with Crippen molar-refractivity contribution < 1.29 is 19.1 Å². The summed E-state index contributed by atoms with van der Waals surface area (Å²) in [5, 5.41) is 5.71. The number of nitrogens with zero attached hydrogens (tertiary/aromatic N) is 5. The Morgan fingerprint density at radius 3 is 2.21 bits per heavy atom. The van der Waals surface area contributed by atoms with Gasteiger partial charge < -0.3 is 29.9 Å². The Morgan fingerprint density at radius 1 is 0.860 bits per heavy atom. The molecule has 0 unspecified atom stereocenters. The number of anilines is 4. The summed E-state index contributed by atoms with van der Waals surface area (Å²) >= 11 is 0. The minimum absolute atomic E-state index is 0.0783. The Labute approximate surface area is 249 Å². The predicted octanol–water partition coefficient (Wildman–Crippen LogP) is 4.61. The molecule has 0 saturated carbocycles. The lowest BCUT2D eigenvalue weighted by atomic mass is 10.0. The van der Waals surface area contributed by atoms with Gasteiger partial charge in [0, 0.05) is 65.8 Å². The first-order valence-electron chi connectivity index (χ1n) is 14.4.